The second-order valence-electron chi connectivity index (χ2n) is 14.7. The summed E-state index contributed by atoms with van der Waals surface area (Å²) in [5.74, 6) is 1.88. The molecule has 0 bridgehead atoms. The van der Waals surface area contributed by atoms with Crippen molar-refractivity contribution in [3.8, 4) is 56.4 Å². The van der Waals surface area contributed by atoms with Gasteiger partial charge in [-0.05, 0) is 74.6 Å². The summed E-state index contributed by atoms with van der Waals surface area (Å²) in [6, 6.07) is 66.2. The highest BCUT2D eigenvalue weighted by molar-refractivity contribution is 7.25. The molecule has 12 aromatic rings. The predicted molar refractivity (Wildman–Crippen MR) is 242 cm³/mol. The van der Waals surface area contributed by atoms with Gasteiger partial charge in [0.2, 0.25) is 0 Å². The van der Waals surface area contributed by atoms with Crippen molar-refractivity contribution in [1.82, 2.24) is 15.0 Å². The van der Waals surface area contributed by atoms with Gasteiger partial charge in [-0.2, -0.15) is 0 Å². The Labute approximate surface area is 337 Å². The molecule has 270 valence electrons. The summed E-state index contributed by atoms with van der Waals surface area (Å²) in [4.78, 5) is 15.9. The maximum absolute atomic E-state index is 6.77. The maximum atomic E-state index is 6.77. The van der Waals surface area contributed by atoms with E-state index in [1.807, 2.05) is 6.07 Å². The van der Waals surface area contributed by atoms with Gasteiger partial charge in [-0.1, -0.05) is 152 Å². The van der Waals surface area contributed by atoms with E-state index < -0.39 is 0 Å². The van der Waals surface area contributed by atoms with Gasteiger partial charge in [-0.3, -0.25) is 0 Å². The van der Waals surface area contributed by atoms with Crippen LogP contribution in [0.3, 0.4) is 0 Å². The van der Waals surface area contributed by atoms with Crippen LogP contribution >= 0.6 is 11.3 Å². The molecule has 0 aliphatic rings. The zero-order valence-corrected chi connectivity index (χ0v) is 31.9. The highest BCUT2D eigenvalue weighted by Crippen LogP contribution is 2.45. The minimum Gasteiger partial charge on any atom is -0.455 e. The molecule has 3 heterocycles. The van der Waals surface area contributed by atoms with Gasteiger partial charge in [0, 0.05) is 53.2 Å². The van der Waals surface area contributed by atoms with Crippen molar-refractivity contribution in [3.63, 3.8) is 0 Å². The molecular weight excluding hydrogens is 727 g/mol. The highest BCUT2D eigenvalue weighted by Gasteiger charge is 2.22. The first-order valence-electron chi connectivity index (χ1n) is 19.4. The summed E-state index contributed by atoms with van der Waals surface area (Å²) in [6.45, 7) is 0. The minimum atomic E-state index is 0.611. The number of furan rings is 1. The third-order valence-corrected chi connectivity index (χ3v) is 12.5. The van der Waals surface area contributed by atoms with Crippen molar-refractivity contribution in [1.29, 1.82) is 0 Å². The summed E-state index contributed by atoms with van der Waals surface area (Å²) < 4.78 is 9.22. The molecular formula is C53H31N3OS. The molecule has 0 N–H and O–H groups in total. The molecule has 0 spiro atoms. The van der Waals surface area contributed by atoms with E-state index >= 15 is 0 Å². The van der Waals surface area contributed by atoms with Crippen LogP contribution < -0.4 is 0 Å². The molecule has 0 unspecified atom stereocenters. The van der Waals surface area contributed by atoms with Gasteiger partial charge in [0.25, 0.3) is 0 Å². The van der Waals surface area contributed by atoms with Gasteiger partial charge in [-0.25, -0.2) is 15.0 Å². The highest BCUT2D eigenvalue weighted by atomic mass is 32.1. The van der Waals surface area contributed by atoms with E-state index in [4.69, 9.17) is 19.4 Å². The van der Waals surface area contributed by atoms with E-state index in [1.165, 1.54) is 30.9 Å². The molecule has 0 aliphatic heterocycles. The van der Waals surface area contributed by atoms with Crippen LogP contribution in [-0.4, -0.2) is 15.0 Å². The Hall–Kier alpha value is -7.47. The molecule has 0 atom stereocenters. The van der Waals surface area contributed by atoms with Crippen molar-refractivity contribution in [2.24, 2.45) is 0 Å². The van der Waals surface area contributed by atoms with Gasteiger partial charge >= 0.3 is 0 Å². The lowest BCUT2D eigenvalue weighted by atomic mass is 9.91. The largest absolute Gasteiger partial charge is 0.455 e. The summed E-state index contributed by atoms with van der Waals surface area (Å²) in [5, 5.41) is 9.20. The normalized spacial score (nSPS) is 11.8. The molecule has 0 amide bonds. The van der Waals surface area contributed by atoms with Gasteiger partial charge in [-0.15, -0.1) is 11.3 Å². The lowest BCUT2D eigenvalue weighted by molar-refractivity contribution is 0.670. The zero-order valence-electron chi connectivity index (χ0n) is 31.1. The Balaban J connectivity index is 1.11. The maximum Gasteiger partial charge on any atom is 0.164 e. The smallest absolute Gasteiger partial charge is 0.164 e. The van der Waals surface area contributed by atoms with Crippen molar-refractivity contribution in [3.05, 3.63) is 188 Å². The number of thiophene rings is 1. The van der Waals surface area contributed by atoms with Crippen LogP contribution in [0, 0.1) is 0 Å². The predicted octanol–water partition coefficient (Wildman–Crippen LogP) is 14.8. The van der Waals surface area contributed by atoms with Crippen molar-refractivity contribution in [2.45, 2.75) is 0 Å². The standard InChI is InChI=1S/C53H31N3OS/c1-3-14-34-30-36(26-24-32(34)12-1)38-28-29-40(49-42-18-7-9-21-45(42)57-50(38)49)39-16-5-6-17-41(39)52-54-51(37-27-25-33-13-2-4-15-35(33)31-37)55-53(56-52)44-20-11-23-47-48(44)43-19-8-10-22-46(43)58-47/h1-31H. The number of para-hydroxylation sites is 1. The van der Waals surface area contributed by atoms with Crippen LogP contribution in [0.25, 0.3) is 120 Å². The van der Waals surface area contributed by atoms with Gasteiger partial charge < -0.3 is 4.42 Å². The van der Waals surface area contributed by atoms with E-state index in [9.17, 15) is 0 Å². The Morgan fingerprint density at radius 1 is 0.345 bits per heavy atom. The van der Waals surface area contributed by atoms with Crippen LogP contribution in [-0.2, 0) is 0 Å². The first-order chi connectivity index (χ1) is 28.7. The fourth-order valence-corrected chi connectivity index (χ4v) is 9.72. The lowest BCUT2D eigenvalue weighted by Crippen LogP contribution is -2.01. The average Bonchev–Trinajstić information content (AvgIpc) is 3.88. The van der Waals surface area contributed by atoms with Crippen molar-refractivity contribution in [2.75, 3.05) is 0 Å². The quantitative estimate of drug-likeness (QED) is 0.175. The average molecular weight is 758 g/mol. The first-order valence-corrected chi connectivity index (χ1v) is 20.2. The summed E-state index contributed by atoms with van der Waals surface area (Å²) >= 11 is 1.80. The summed E-state index contributed by atoms with van der Waals surface area (Å²) in [7, 11) is 0. The van der Waals surface area contributed by atoms with E-state index in [-0.39, 0.29) is 0 Å². The molecule has 0 saturated heterocycles. The Bertz CT molecular complexity index is 3600. The number of hydrogen-bond donors (Lipinski definition) is 0. The lowest BCUT2D eigenvalue weighted by Gasteiger charge is -2.14. The van der Waals surface area contributed by atoms with Crippen LogP contribution in [0.5, 0.6) is 0 Å². The number of aromatic nitrogens is 3. The van der Waals surface area contributed by atoms with Gasteiger partial charge in [0.05, 0.1) is 0 Å². The van der Waals surface area contributed by atoms with Crippen molar-refractivity contribution >= 4 is 75.0 Å². The fraction of sp³-hybridized carbons (Fsp3) is 0. The van der Waals surface area contributed by atoms with E-state index in [0.717, 1.165) is 71.7 Å². The second kappa shape index (κ2) is 13.1. The Morgan fingerprint density at radius 2 is 0.914 bits per heavy atom. The van der Waals surface area contributed by atoms with Crippen molar-refractivity contribution < 1.29 is 4.42 Å². The number of nitrogens with zero attached hydrogens (tertiary/aromatic N) is 3. The third kappa shape index (κ3) is 5.25. The molecule has 3 aromatic heterocycles. The fourth-order valence-electron chi connectivity index (χ4n) is 8.59. The second-order valence-corrected chi connectivity index (χ2v) is 15.8. The van der Waals surface area contributed by atoms with Crippen LogP contribution in [0.2, 0.25) is 0 Å². The Morgan fingerprint density at radius 3 is 1.72 bits per heavy atom. The molecule has 0 saturated carbocycles. The molecule has 0 fully saturated rings. The molecule has 9 aromatic carbocycles. The molecule has 12 rings (SSSR count). The van der Waals surface area contributed by atoms with Crippen LogP contribution in [0.15, 0.2) is 192 Å². The topological polar surface area (TPSA) is 51.8 Å². The number of fused-ring (bicyclic) bond motifs is 8. The van der Waals surface area contributed by atoms with Crippen LogP contribution in [0.1, 0.15) is 0 Å². The monoisotopic (exact) mass is 757 g/mol. The van der Waals surface area contributed by atoms with Gasteiger partial charge in [0.1, 0.15) is 11.2 Å². The zero-order chi connectivity index (χ0) is 38.2. The third-order valence-electron chi connectivity index (χ3n) is 11.3. The van der Waals surface area contributed by atoms with Crippen LogP contribution in [0.4, 0.5) is 0 Å². The SMILES string of the molecule is c1ccc(-c2ccc(-c3ccc4ccccc4c3)c3oc4ccccc4c23)c(-c2nc(-c3ccc4ccccc4c3)nc(-c3cccc4sc5ccccc5c34)n2)c1. The van der Waals surface area contributed by atoms with E-state index in [2.05, 4.69) is 182 Å². The molecule has 0 radical (unpaired) electrons. The number of hydrogen-bond acceptors (Lipinski definition) is 5. The van der Waals surface area contributed by atoms with E-state index in [0.29, 0.717) is 17.5 Å². The molecule has 5 heteroatoms. The number of benzene rings is 9. The van der Waals surface area contributed by atoms with E-state index in [1.54, 1.807) is 11.3 Å². The molecule has 58 heavy (non-hydrogen) atoms. The first kappa shape index (κ1) is 32.7. The summed E-state index contributed by atoms with van der Waals surface area (Å²) in [5.41, 5.74) is 8.78. The Kier molecular flexibility index (Phi) is 7.37. The molecule has 0 aliphatic carbocycles. The van der Waals surface area contributed by atoms with Gasteiger partial charge in [0.15, 0.2) is 17.5 Å². The molecule has 4 nitrogen and oxygen atoms in total. The minimum absolute atomic E-state index is 0.611. The summed E-state index contributed by atoms with van der Waals surface area (Å²) in [6.07, 6.45) is 0. The number of rotatable bonds is 5.